The topological polar surface area (TPSA) is 71.1 Å². The van der Waals surface area contributed by atoms with Crippen molar-refractivity contribution in [1.82, 2.24) is 15.1 Å². The van der Waals surface area contributed by atoms with E-state index in [9.17, 15) is 9.59 Å². The first kappa shape index (κ1) is 23.9. The molecule has 3 aromatic carbocycles. The molecule has 0 unspecified atom stereocenters. The summed E-state index contributed by atoms with van der Waals surface area (Å²) in [5.41, 5.74) is 1.61. The van der Waals surface area contributed by atoms with Gasteiger partial charge in [0.15, 0.2) is 5.54 Å². The summed E-state index contributed by atoms with van der Waals surface area (Å²) in [6.07, 6.45) is 2.25. The van der Waals surface area contributed by atoms with Crippen molar-refractivity contribution in [2.75, 3.05) is 27.4 Å². The Labute approximate surface area is 211 Å². The van der Waals surface area contributed by atoms with Gasteiger partial charge in [0.2, 0.25) is 0 Å². The zero-order valence-electron chi connectivity index (χ0n) is 20.6. The molecule has 3 amide bonds. The zero-order valence-corrected chi connectivity index (χ0v) is 20.6. The van der Waals surface area contributed by atoms with Crippen LogP contribution in [0.4, 0.5) is 4.79 Å². The number of hydrogen-bond acceptors (Lipinski definition) is 5. The molecule has 36 heavy (non-hydrogen) atoms. The van der Waals surface area contributed by atoms with Gasteiger partial charge in [-0.25, -0.2) is 9.69 Å². The largest absolute Gasteiger partial charge is 0.497 e. The molecule has 0 radical (unpaired) electrons. The third kappa shape index (κ3) is 4.31. The number of amides is 3. The highest BCUT2D eigenvalue weighted by Crippen LogP contribution is 2.40. The molecule has 2 heterocycles. The van der Waals surface area contributed by atoms with Gasteiger partial charge in [-0.05, 0) is 42.2 Å². The van der Waals surface area contributed by atoms with Crippen LogP contribution in [0, 0.1) is 0 Å². The Balaban J connectivity index is 1.45. The number of nitrogens with zero attached hydrogens (tertiary/aromatic N) is 2. The number of methoxy groups -OCH3 is 2. The normalized spacial score (nSPS) is 22.1. The molecule has 7 nitrogen and oxygen atoms in total. The molecule has 2 saturated heterocycles. The molecule has 2 atom stereocenters. The smallest absolute Gasteiger partial charge is 0.326 e. The Morgan fingerprint density at radius 3 is 2.36 bits per heavy atom. The SMILES string of the molecule is COc1ccc(OC)c([C@H]2CCCN2CN2C(=O)N[C@](Cc3ccccc3)(c3ccccc3)C2=O)c1. The maximum atomic E-state index is 14.1. The van der Waals surface area contributed by atoms with Crippen LogP contribution >= 0.6 is 0 Å². The van der Waals surface area contributed by atoms with E-state index in [-0.39, 0.29) is 24.6 Å². The van der Waals surface area contributed by atoms with Crippen LogP contribution in [0.5, 0.6) is 11.5 Å². The molecular formula is C29H31N3O4. The van der Waals surface area contributed by atoms with E-state index in [0.29, 0.717) is 6.42 Å². The molecule has 0 bridgehead atoms. The Hall–Kier alpha value is -3.84. The zero-order chi connectivity index (χ0) is 25.1. The summed E-state index contributed by atoms with van der Waals surface area (Å²) in [6.45, 7) is 0.984. The first-order valence-corrected chi connectivity index (χ1v) is 12.3. The number of benzene rings is 3. The summed E-state index contributed by atoms with van der Waals surface area (Å²) in [4.78, 5) is 31.0. The highest BCUT2D eigenvalue weighted by atomic mass is 16.5. The van der Waals surface area contributed by atoms with Gasteiger partial charge in [0, 0.05) is 24.6 Å². The fourth-order valence-corrected chi connectivity index (χ4v) is 5.43. The van der Waals surface area contributed by atoms with Crippen molar-refractivity contribution >= 4 is 11.9 Å². The van der Waals surface area contributed by atoms with Crippen LogP contribution in [0.25, 0.3) is 0 Å². The molecule has 5 rings (SSSR count). The third-order valence-electron chi connectivity index (χ3n) is 7.24. The van der Waals surface area contributed by atoms with E-state index < -0.39 is 5.54 Å². The highest BCUT2D eigenvalue weighted by molar-refractivity contribution is 6.07. The third-order valence-corrected chi connectivity index (χ3v) is 7.24. The van der Waals surface area contributed by atoms with Crippen LogP contribution in [0.3, 0.4) is 0 Å². The van der Waals surface area contributed by atoms with Crippen molar-refractivity contribution in [3.8, 4) is 11.5 Å². The molecule has 1 N–H and O–H groups in total. The summed E-state index contributed by atoms with van der Waals surface area (Å²) in [5.74, 6) is 1.29. The van der Waals surface area contributed by atoms with Gasteiger partial charge < -0.3 is 14.8 Å². The van der Waals surface area contributed by atoms with Crippen LogP contribution in [0.1, 0.15) is 35.6 Å². The standard InChI is InChI=1S/C29H31N3O4/c1-35-23-15-16-26(36-2)24(18-23)25-14-9-17-31(25)20-32-27(33)29(30-28(32)34,22-12-7-4-8-13-22)19-21-10-5-3-6-11-21/h3-8,10-13,15-16,18,25H,9,14,17,19-20H2,1-2H3,(H,30,34)/t25-,29-/m1/s1. The van der Waals surface area contributed by atoms with E-state index in [0.717, 1.165) is 47.6 Å². The number of urea groups is 1. The number of nitrogens with one attached hydrogen (secondary N) is 1. The molecule has 2 aliphatic rings. The monoisotopic (exact) mass is 485 g/mol. The van der Waals surface area contributed by atoms with Gasteiger partial charge in [-0.1, -0.05) is 60.7 Å². The van der Waals surface area contributed by atoms with Gasteiger partial charge >= 0.3 is 6.03 Å². The minimum Gasteiger partial charge on any atom is -0.497 e. The average Bonchev–Trinajstić information content (AvgIpc) is 3.48. The van der Waals surface area contributed by atoms with Crippen LogP contribution in [0.2, 0.25) is 0 Å². The summed E-state index contributed by atoms with van der Waals surface area (Å²) < 4.78 is 11.1. The average molecular weight is 486 g/mol. The van der Waals surface area contributed by atoms with Crippen LogP contribution in [0.15, 0.2) is 78.9 Å². The lowest BCUT2D eigenvalue weighted by molar-refractivity contribution is -0.133. The number of likely N-dealkylation sites (tertiary alicyclic amines) is 1. The van der Waals surface area contributed by atoms with Gasteiger partial charge in [0.05, 0.1) is 20.9 Å². The van der Waals surface area contributed by atoms with Gasteiger partial charge in [-0.3, -0.25) is 9.69 Å². The van der Waals surface area contributed by atoms with Crippen LogP contribution < -0.4 is 14.8 Å². The van der Waals surface area contributed by atoms with Crippen LogP contribution in [-0.4, -0.2) is 49.2 Å². The van der Waals surface area contributed by atoms with Gasteiger partial charge in [0.25, 0.3) is 5.91 Å². The molecule has 7 heteroatoms. The van der Waals surface area contributed by atoms with Crippen molar-refractivity contribution in [2.45, 2.75) is 30.8 Å². The van der Waals surface area contributed by atoms with E-state index in [1.807, 2.05) is 78.9 Å². The first-order valence-electron chi connectivity index (χ1n) is 12.3. The predicted octanol–water partition coefficient (Wildman–Crippen LogP) is 4.49. The first-order chi connectivity index (χ1) is 17.6. The van der Waals surface area contributed by atoms with E-state index in [1.165, 1.54) is 4.90 Å². The molecule has 0 aliphatic carbocycles. The van der Waals surface area contributed by atoms with E-state index in [1.54, 1.807) is 14.2 Å². The summed E-state index contributed by atoms with van der Waals surface area (Å²) in [6, 6.07) is 24.7. The molecule has 2 aliphatic heterocycles. The highest BCUT2D eigenvalue weighted by Gasteiger charge is 2.53. The van der Waals surface area contributed by atoms with E-state index in [2.05, 4.69) is 10.2 Å². The fraction of sp³-hybridized carbons (Fsp3) is 0.310. The molecule has 0 aromatic heterocycles. The molecule has 186 valence electrons. The minimum atomic E-state index is -1.15. The molecule has 0 spiro atoms. The Morgan fingerprint density at radius 2 is 1.67 bits per heavy atom. The number of carbonyl (C=O) groups is 2. The van der Waals surface area contributed by atoms with Crippen molar-refractivity contribution in [1.29, 1.82) is 0 Å². The Kier molecular flexibility index (Phi) is 6.65. The predicted molar refractivity (Wildman–Crippen MR) is 137 cm³/mol. The lowest BCUT2D eigenvalue weighted by Gasteiger charge is -2.31. The van der Waals surface area contributed by atoms with Gasteiger partial charge in [-0.15, -0.1) is 0 Å². The van der Waals surface area contributed by atoms with Crippen LogP contribution in [-0.2, 0) is 16.8 Å². The van der Waals surface area contributed by atoms with Crippen molar-refractivity contribution in [2.24, 2.45) is 0 Å². The lowest BCUT2D eigenvalue weighted by Crippen LogP contribution is -2.47. The number of imide groups is 1. The van der Waals surface area contributed by atoms with Crippen molar-refractivity contribution in [3.63, 3.8) is 0 Å². The van der Waals surface area contributed by atoms with E-state index >= 15 is 0 Å². The Bertz CT molecular complexity index is 1230. The number of rotatable bonds is 8. The fourth-order valence-electron chi connectivity index (χ4n) is 5.43. The van der Waals surface area contributed by atoms with Gasteiger partial charge in [0.1, 0.15) is 11.5 Å². The summed E-state index contributed by atoms with van der Waals surface area (Å²) >= 11 is 0. The number of hydrogen-bond donors (Lipinski definition) is 1. The number of ether oxygens (including phenoxy) is 2. The van der Waals surface area contributed by atoms with Gasteiger partial charge in [-0.2, -0.15) is 0 Å². The second-order valence-corrected chi connectivity index (χ2v) is 9.32. The maximum Gasteiger partial charge on any atom is 0.326 e. The molecule has 3 aromatic rings. The Morgan fingerprint density at radius 1 is 0.944 bits per heavy atom. The summed E-state index contributed by atoms with van der Waals surface area (Å²) in [5, 5.41) is 3.07. The molecule has 0 saturated carbocycles. The van der Waals surface area contributed by atoms with Crippen molar-refractivity contribution < 1.29 is 19.1 Å². The number of carbonyl (C=O) groups excluding carboxylic acids is 2. The second kappa shape index (κ2) is 10.0. The molecule has 2 fully saturated rings. The quantitative estimate of drug-likeness (QED) is 0.476. The maximum absolute atomic E-state index is 14.1. The summed E-state index contributed by atoms with van der Waals surface area (Å²) in [7, 11) is 3.29. The molecular weight excluding hydrogens is 454 g/mol. The minimum absolute atomic E-state index is 0.0106. The lowest BCUT2D eigenvalue weighted by atomic mass is 9.83. The van der Waals surface area contributed by atoms with Crippen molar-refractivity contribution in [3.05, 3.63) is 95.6 Å². The van der Waals surface area contributed by atoms with E-state index in [4.69, 9.17) is 9.47 Å². The second-order valence-electron chi connectivity index (χ2n) is 9.32.